The van der Waals surface area contributed by atoms with Crippen molar-refractivity contribution in [2.45, 2.75) is 40.2 Å². The van der Waals surface area contributed by atoms with Crippen molar-refractivity contribution in [1.82, 2.24) is 0 Å². The fourth-order valence-electron chi connectivity index (χ4n) is 2.55. The first kappa shape index (κ1) is 23.0. The second-order valence-corrected chi connectivity index (χ2v) is 5.47. The maximum absolute atomic E-state index is 12.8. The third kappa shape index (κ3) is 6.11. The topological polar surface area (TPSA) is 46.5 Å². The molecule has 1 aromatic rings. The van der Waals surface area contributed by atoms with E-state index in [-0.39, 0.29) is 11.9 Å². The Labute approximate surface area is 152 Å². The predicted octanol–water partition coefficient (Wildman–Crippen LogP) is 4.61. The number of carbonyl (C=O) groups excluding carboxylic acids is 1. The van der Waals surface area contributed by atoms with Crippen LogP contribution in [0.2, 0.25) is 0 Å². The molecular weight excluding hydrogens is 312 g/mol. The van der Waals surface area contributed by atoms with E-state index in [9.17, 15) is 4.79 Å². The molecule has 0 saturated carbocycles. The molecule has 0 spiro atoms. The van der Waals surface area contributed by atoms with E-state index in [0.29, 0.717) is 13.0 Å². The maximum atomic E-state index is 12.8. The normalized spacial score (nSPS) is 24.1. The van der Waals surface area contributed by atoms with Crippen molar-refractivity contribution in [3.05, 3.63) is 66.3 Å². The summed E-state index contributed by atoms with van der Waals surface area (Å²) in [6, 6.07) is 7.98. The first-order valence-corrected chi connectivity index (χ1v) is 8.72. The minimum atomic E-state index is -0.717. The minimum absolute atomic E-state index is 0.128. The van der Waals surface area contributed by atoms with Gasteiger partial charge in [0.25, 0.3) is 0 Å². The van der Waals surface area contributed by atoms with Gasteiger partial charge in [-0.3, -0.25) is 4.79 Å². The molecule has 0 saturated heterocycles. The molecule has 2 unspecified atom stereocenters. The van der Waals surface area contributed by atoms with Crippen molar-refractivity contribution in [3.63, 3.8) is 0 Å². The zero-order valence-electron chi connectivity index (χ0n) is 16.2. The number of aliphatic hydroxyl groups excluding tert-OH is 1. The molecule has 1 aliphatic rings. The van der Waals surface area contributed by atoms with Gasteiger partial charge in [0.05, 0.1) is 18.1 Å². The van der Waals surface area contributed by atoms with Crippen molar-refractivity contribution in [3.8, 4) is 0 Å². The second kappa shape index (κ2) is 12.4. The van der Waals surface area contributed by atoms with Crippen LogP contribution in [0.25, 0.3) is 6.08 Å². The lowest BCUT2D eigenvalue weighted by atomic mass is 9.77. The van der Waals surface area contributed by atoms with Crippen LogP contribution in [-0.4, -0.2) is 30.7 Å². The Bertz CT molecular complexity index is 587. The number of aliphatic hydroxyl groups is 1. The van der Waals surface area contributed by atoms with Crippen molar-refractivity contribution in [1.29, 1.82) is 0 Å². The van der Waals surface area contributed by atoms with Crippen molar-refractivity contribution < 1.29 is 14.6 Å². The van der Waals surface area contributed by atoms with E-state index in [2.05, 4.69) is 6.58 Å². The zero-order chi connectivity index (χ0) is 19.3. The van der Waals surface area contributed by atoms with Gasteiger partial charge in [-0.1, -0.05) is 68.5 Å². The summed E-state index contributed by atoms with van der Waals surface area (Å²) in [6.07, 6.45) is 9.68. The molecule has 1 N–H and O–H groups in total. The Morgan fingerprint density at radius 3 is 2.52 bits per heavy atom. The molecule has 0 fully saturated rings. The highest BCUT2D eigenvalue weighted by atomic mass is 16.5. The van der Waals surface area contributed by atoms with Gasteiger partial charge in [-0.2, -0.15) is 0 Å². The van der Waals surface area contributed by atoms with Gasteiger partial charge >= 0.3 is 0 Å². The Hall–Kier alpha value is -1.97. The molecule has 25 heavy (non-hydrogen) atoms. The van der Waals surface area contributed by atoms with Crippen LogP contribution in [0, 0.1) is 5.41 Å². The Morgan fingerprint density at radius 2 is 1.92 bits per heavy atom. The average Bonchev–Trinajstić information content (AvgIpc) is 2.67. The Morgan fingerprint density at radius 1 is 1.28 bits per heavy atom. The highest BCUT2D eigenvalue weighted by molar-refractivity contribution is 5.90. The van der Waals surface area contributed by atoms with Crippen LogP contribution in [0.1, 0.15) is 38.8 Å². The molecule has 1 aromatic carbocycles. The van der Waals surface area contributed by atoms with Gasteiger partial charge < -0.3 is 9.84 Å². The lowest BCUT2D eigenvalue weighted by molar-refractivity contribution is -0.130. The molecule has 0 bridgehead atoms. The number of hydrogen-bond donors (Lipinski definition) is 1. The number of carbonyl (C=O) groups is 1. The summed E-state index contributed by atoms with van der Waals surface area (Å²) in [5, 5.41) is 7.00. The molecule has 0 aliphatic carbocycles. The van der Waals surface area contributed by atoms with Crippen LogP contribution < -0.4 is 0 Å². The second-order valence-electron chi connectivity index (χ2n) is 5.47. The first-order chi connectivity index (χ1) is 12.1. The van der Waals surface area contributed by atoms with Crippen LogP contribution in [0.3, 0.4) is 0 Å². The first-order valence-electron chi connectivity index (χ1n) is 8.72. The average molecular weight is 344 g/mol. The van der Waals surface area contributed by atoms with Gasteiger partial charge in [0.15, 0.2) is 0 Å². The van der Waals surface area contributed by atoms with E-state index in [1.807, 2.05) is 76.3 Å². The third-order valence-corrected chi connectivity index (χ3v) is 4.06. The van der Waals surface area contributed by atoms with Gasteiger partial charge in [0, 0.05) is 13.5 Å². The van der Waals surface area contributed by atoms with E-state index < -0.39 is 5.41 Å². The van der Waals surface area contributed by atoms with E-state index in [4.69, 9.17) is 9.84 Å². The van der Waals surface area contributed by atoms with E-state index >= 15 is 0 Å². The highest BCUT2D eigenvalue weighted by Gasteiger charge is 2.37. The predicted molar refractivity (Wildman–Crippen MR) is 107 cm³/mol. The lowest BCUT2D eigenvalue weighted by Crippen LogP contribution is -2.40. The summed E-state index contributed by atoms with van der Waals surface area (Å²) in [4.78, 5) is 12.8. The largest absolute Gasteiger partial charge is 0.400 e. The molecule has 0 aromatic heterocycles. The van der Waals surface area contributed by atoms with Crippen LogP contribution in [-0.2, 0) is 16.0 Å². The molecule has 3 heteroatoms. The van der Waals surface area contributed by atoms with Crippen LogP contribution in [0.15, 0.2) is 55.1 Å². The smallest absolute Gasteiger partial charge is 0.149 e. The fourth-order valence-corrected chi connectivity index (χ4v) is 2.55. The van der Waals surface area contributed by atoms with E-state index in [0.717, 1.165) is 18.2 Å². The number of allylic oxidation sites excluding steroid dienone is 1. The van der Waals surface area contributed by atoms with Gasteiger partial charge in [0.2, 0.25) is 0 Å². The van der Waals surface area contributed by atoms with Gasteiger partial charge in [-0.05, 0) is 25.0 Å². The van der Waals surface area contributed by atoms with Crippen molar-refractivity contribution in [2.75, 3.05) is 13.7 Å². The molecule has 2 rings (SSSR count). The number of ketones is 1. The molecule has 0 amide bonds. The maximum Gasteiger partial charge on any atom is 0.149 e. The van der Waals surface area contributed by atoms with Gasteiger partial charge in [-0.25, -0.2) is 0 Å². The molecule has 3 nitrogen and oxygen atoms in total. The fraction of sp³-hybridized carbons (Fsp3) is 0.409. The summed E-state index contributed by atoms with van der Waals surface area (Å²) in [5.74, 6) is 0.128. The monoisotopic (exact) mass is 344 g/mol. The molecule has 138 valence electrons. The Kier molecular flexibility index (Phi) is 11.4. The van der Waals surface area contributed by atoms with Crippen molar-refractivity contribution >= 4 is 11.9 Å². The quantitative estimate of drug-likeness (QED) is 0.797. The highest BCUT2D eigenvalue weighted by Crippen LogP contribution is 2.31. The van der Waals surface area contributed by atoms with Crippen LogP contribution in [0.5, 0.6) is 0 Å². The summed E-state index contributed by atoms with van der Waals surface area (Å²) >= 11 is 0. The van der Waals surface area contributed by atoms with Gasteiger partial charge in [-0.15, -0.1) is 6.58 Å². The molecule has 2 atom stereocenters. The lowest BCUT2D eigenvalue weighted by Gasteiger charge is -2.32. The van der Waals surface area contributed by atoms with E-state index in [1.54, 1.807) is 6.08 Å². The van der Waals surface area contributed by atoms with E-state index in [1.165, 1.54) is 0 Å². The molecule has 0 radical (unpaired) electrons. The van der Waals surface area contributed by atoms with Crippen molar-refractivity contribution in [2.24, 2.45) is 5.41 Å². The number of rotatable bonds is 2. The summed E-state index contributed by atoms with van der Waals surface area (Å²) < 4.78 is 5.89. The third-order valence-electron chi connectivity index (χ3n) is 4.06. The number of fused-ring (bicyclic) bond motifs is 1. The molecule has 1 heterocycles. The molecular formula is C22H32O3. The summed E-state index contributed by atoms with van der Waals surface area (Å²) in [7, 11) is 1.00. The summed E-state index contributed by atoms with van der Waals surface area (Å²) in [5.41, 5.74) is 1.41. The number of ether oxygens (including phenoxy) is 1. The summed E-state index contributed by atoms with van der Waals surface area (Å²) in [6.45, 7) is 12.2. The molecule has 1 aliphatic heterocycles. The van der Waals surface area contributed by atoms with Crippen LogP contribution >= 0.6 is 0 Å². The number of hydrogen-bond acceptors (Lipinski definition) is 3. The van der Waals surface area contributed by atoms with Gasteiger partial charge in [0.1, 0.15) is 5.78 Å². The SMILES string of the molecule is C=CC1(C)C(=O)Cc2ccccc2/C=C\COC1/C=C\C.CC.CO. The van der Waals surface area contributed by atoms with Crippen LogP contribution in [0.4, 0.5) is 0 Å². The zero-order valence-corrected chi connectivity index (χ0v) is 16.2. The standard InChI is InChI=1S/C19H22O2.C2H6.CH4O/c1-4-9-18-19(3,5-2)17(20)14-16-11-7-6-10-15(16)12-8-13-21-18;2*1-2/h4-12,18H,2,13-14H2,1,3H3;1-2H3;2H,1H3/b9-4-,12-8-;;. The Balaban J connectivity index is 0.00000134. The minimum Gasteiger partial charge on any atom is -0.400 e. The number of benzene rings is 1. The number of Topliss-reactive ketones (excluding diaryl/α,β-unsaturated/α-hetero) is 1.